The maximum absolute atomic E-state index is 5.74. The third-order valence-corrected chi connectivity index (χ3v) is 3.76. The van der Waals surface area contributed by atoms with Crippen LogP contribution in [0.1, 0.15) is 0 Å². The van der Waals surface area contributed by atoms with Gasteiger partial charge in [-0.05, 0) is 11.4 Å². The summed E-state index contributed by atoms with van der Waals surface area (Å²) in [6.45, 7) is 0. The third-order valence-electron chi connectivity index (χ3n) is 2.96. The van der Waals surface area contributed by atoms with Gasteiger partial charge in [-0.1, -0.05) is 0 Å². The maximum atomic E-state index is 5.74. The van der Waals surface area contributed by atoms with E-state index in [-0.39, 0.29) is 5.95 Å². The van der Waals surface area contributed by atoms with Crippen LogP contribution in [0.2, 0.25) is 0 Å². The lowest BCUT2D eigenvalue weighted by Crippen LogP contribution is -2.00. The van der Waals surface area contributed by atoms with Crippen LogP contribution in [-0.2, 0) is 0 Å². The van der Waals surface area contributed by atoms with E-state index in [4.69, 9.17) is 15.2 Å². The van der Waals surface area contributed by atoms with Crippen molar-refractivity contribution >= 4 is 39.0 Å². The normalized spacial score (nSPS) is 10.6. The second-order valence-electron chi connectivity index (χ2n) is 4.30. The van der Waals surface area contributed by atoms with E-state index in [9.17, 15) is 0 Å². The van der Waals surface area contributed by atoms with Crippen molar-refractivity contribution in [3.63, 3.8) is 0 Å². The third kappa shape index (κ3) is 2.68. The Bertz CT molecular complexity index is 765. The average Bonchev–Trinajstić information content (AvgIpc) is 2.95. The zero-order chi connectivity index (χ0) is 14.8. The first kappa shape index (κ1) is 13.4. The summed E-state index contributed by atoms with van der Waals surface area (Å²) in [5, 5.41) is 6.12. The van der Waals surface area contributed by atoms with Gasteiger partial charge in [-0.3, -0.25) is 0 Å². The van der Waals surface area contributed by atoms with Crippen molar-refractivity contribution in [3.8, 4) is 11.5 Å². The van der Waals surface area contributed by atoms with Crippen LogP contribution in [0.25, 0.3) is 10.2 Å². The van der Waals surface area contributed by atoms with Crippen LogP contribution >= 0.6 is 11.3 Å². The summed E-state index contributed by atoms with van der Waals surface area (Å²) in [4.78, 5) is 9.31. The number of ether oxygens (including phenoxy) is 2. The Morgan fingerprint density at radius 3 is 2.48 bits per heavy atom. The maximum Gasteiger partial charge on any atom is 0.223 e. The monoisotopic (exact) mass is 302 g/mol. The summed E-state index contributed by atoms with van der Waals surface area (Å²) in [7, 11) is 3.22. The van der Waals surface area contributed by atoms with E-state index in [0.29, 0.717) is 17.3 Å². The number of nitrogen functional groups attached to an aromatic ring is 1. The predicted octanol–water partition coefficient (Wildman–Crippen LogP) is 3.03. The van der Waals surface area contributed by atoms with Crippen molar-refractivity contribution in [1.82, 2.24) is 9.97 Å². The van der Waals surface area contributed by atoms with Crippen LogP contribution in [0, 0.1) is 0 Å². The second kappa shape index (κ2) is 5.45. The number of aromatic nitrogens is 2. The van der Waals surface area contributed by atoms with Gasteiger partial charge in [-0.2, -0.15) is 4.98 Å². The number of anilines is 3. The Balaban J connectivity index is 2.03. The molecule has 3 N–H and O–H groups in total. The molecule has 3 aromatic rings. The first-order valence-corrected chi connectivity index (χ1v) is 7.08. The van der Waals surface area contributed by atoms with Crippen LogP contribution in [0.5, 0.6) is 11.5 Å². The molecule has 21 heavy (non-hydrogen) atoms. The van der Waals surface area contributed by atoms with E-state index in [1.807, 2.05) is 23.6 Å². The molecule has 3 rings (SSSR count). The lowest BCUT2D eigenvalue weighted by molar-refractivity contribution is 0.395. The van der Waals surface area contributed by atoms with Crippen LogP contribution in [-0.4, -0.2) is 24.2 Å². The summed E-state index contributed by atoms with van der Waals surface area (Å²) in [6, 6.07) is 7.48. The molecule has 0 bridgehead atoms. The highest BCUT2D eigenvalue weighted by atomic mass is 32.1. The van der Waals surface area contributed by atoms with Gasteiger partial charge in [0.1, 0.15) is 22.1 Å². The minimum absolute atomic E-state index is 0.238. The molecule has 0 aliphatic rings. The summed E-state index contributed by atoms with van der Waals surface area (Å²) in [5.41, 5.74) is 6.55. The molecule has 108 valence electrons. The number of rotatable bonds is 4. The van der Waals surface area contributed by atoms with Gasteiger partial charge < -0.3 is 20.5 Å². The molecular formula is C14H14N4O2S. The Labute approximate surface area is 125 Å². The molecular weight excluding hydrogens is 288 g/mol. The molecule has 0 aliphatic carbocycles. The molecule has 0 radical (unpaired) electrons. The molecule has 0 spiro atoms. The largest absolute Gasteiger partial charge is 0.497 e. The molecule has 0 unspecified atom stereocenters. The van der Waals surface area contributed by atoms with Gasteiger partial charge >= 0.3 is 0 Å². The van der Waals surface area contributed by atoms with Gasteiger partial charge in [0.25, 0.3) is 0 Å². The Morgan fingerprint density at radius 1 is 1.10 bits per heavy atom. The van der Waals surface area contributed by atoms with Crippen LogP contribution in [0.3, 0.4) is 0 Å². The molecule has 0 amide bonds. The Hall–Kier alpha value is -2.54. The number of nitrogens with one attached hydrogen (secondary N) is 1. The van der Waals surface area contributed by atoms with Crippen molar-refractivity contribution in [1.29, 1.82) is 0 Å². The fraction of sp³-hybridized carbons (Fsp3) is 0.143. The van der Waals surface area contributed by atoms with Crippen molar-refractivity contribution in [3.05, 3.63) is 29.6 Å². The van der Waals surface area contributed by atoms with Gasteiger partial charge in [0.15, 0.2) is 0 Å². The quantitative estimate of drug-likeness (QED) is 0.771. The highest BCUT2D eigenvalue weighted by molar-refractivity contribution is 7.16. The minimum Gasteiger partial charge on any atom is -0.497 e. The van der Waals surface area contributed by atoms with E-state index in [2.05, 4.69) is 15.3 Å². The van der Waals surface area contributed by atoms with Crippen LogP contribution in [0.4, 0.5) is 17.5 Å². The van der Waals surface area contributed by atoms with E-state index >= 15 is 0 Å². The van der Waals surface area contributed by atoms with Crippen molar-refractivity contribution in [2.24, 2.45) is 0 Å². The highest BCUT2D eigenvalue weighted by Crippen LogP contribution is 2.31. The standard InChI is InChI=1S/C14H14N4O2S/c1-19-9-5-8(6-10(7-9)20-2)16-12-11-3-4-21-13(11)18-14(15)17-12/h3-7H,1-2H3,(H3,15,16,17,18). The summed E-state index contributed by atoms with van der Waals surface area (Å²) >= 11 is 1.52. The topological polar surface area (TPSA) is 82.3 Å². The number of fused-ring (bicyclic) bond motifs is 1. The lowest BCUT2D eigenvalue weighted by Gasteiger charge is -2.11. The van der Waals surface area contributed by atoms with Gasteiger partial charge in [0.2, 0.25) is 5.95 Å². The summed E-state index contributed by atoms with van der Waals surface area (Å²) in [5.74, 6) is 2.29. The first-order chi connectivity index (χ1) is 10.2. The molecule has 1 aromatic carbocycles. The summed E-state index contributed by atoms with van der Waals surface area (Å²) in [6.07, 6.45) is 0. The predicted molar refractivity (Wildman–Crippen MR) is 84.7 cm³/mol. The van der Waals surface area contributed by atoms with E-state index in [1.165, 1.54) is 11.3 Å². The first-order valence-electron chi connectivity index (χ1n) is 6.20. The molecule has 2 heterocycles. The molecule has 0 saturated heterocycles. The van der Waals surface area contributed by atoms with Gasteiger partial charge in [0.05, 0.1) is 19.6 Å². The van der Waals surface area contributed by atoms with E-state index < -0.39 is 0 Å². The van der Waals surface area contributed by atoms with Crippen molar-refractivity contribution < 1.29 is 9.47 Å². The van der Waals surface area contributed by atoms with Crippen molar-refractivity contribution in [2.75, 3.05) is 25.3 Å². The fourth-order valence-corrected chi connectivity index (χ4v) is 2.75. The molecule has 0 saturated carbocycles. The molecule has 0 atom stereocenters. The molecule has 6 nitrogen and oxygen atoms in total. The number of hydrogen-bond acceptors (Lipinski definition) is 7. The average molecular weight is 302 g/mol. The zero-order valence-electron chi connectivity index (χ0n) is 11.6. The highest BCUT2D eigenvalue weighted by Gasteiger charge is 2.09. The smallest absolute Gasteiger partial charge is 0.223 e. The SMILES string of the molecule is COc1cc(Nc2nc(N)nc3sccc23)cc(OC)c1. The molecule has 7 heteroatoms. The summed E-state index contributed by atoms with van der Waals surface area (Å²) < 4.78 is 10.5. The number of nitrogens with two attached hydrogens (primary N) is 1. The second-order valence-corrected chi connectivity index (χ2v) is 5.19. The molecule has 0 aliphatic heterocycles. The van der Waals surface area contributed by atoms with E-state index in [1.54, 1.807) is 20.3 Å². The number of methoxy groups -OCH3 is 2. The van der Waals surface area contributed by atoms with Crippen LogP contribution < -0.4 is 20.5 Å². The van der Waals surface area contributed by atoms with Crippen molar-refractivity contribution in [2.45, 2.75) is 0 Å². The fourth-order valence-electron chi connectivity index (χ4n) is 1.98. The molecule has 0 fully saturated rings. The molecule has 2 aromatic heterocycles. The Kier molecular flexibility index (Phi) is 3.49. The number of benzene rings is 1. The zero-order valence-corrected chi connectivity index (χ0v) is 12.4. The van der Waals surface area contributed by atoms with Gasteiger partial charge in [-0.15, -0.1) is 11.3 Å². The van der Waals surface area contributed by atoms with E-state index in [0.717, 1.165) is 15.9 Å². The van der Waals surface area contributed by atoms with Gasteiger partial charge in [0, 0.05) is 23.9 Å². The number of hydrogen-bond donors (Lipinski definition) is 2. The van der Waals surface area contributed by atoms with Gasteiger partial charge in [-0.25, -0.2) is 4.98 Å². The number of thiophene rings is 1. The minimum atomic E-state index is 0.238. The van der Waals surface area contributed by atoms with Crippen LogP contribution in [0.15, 0.2) is 29.6 Å². The number of nitrogens with zero attached hydrogens (tertiary/aromatic N) is 2. The lowest BCUT2D eigenvalue weighted by atomic mass is 10.2. The Morgan fingerprint density at radius 2 is 1.81 bits per heavy atom.